The predicted octanol–water partition coefficient (Wildman–Crippen LogP) is 3.33. The predicted molar refractivity (Wildman–Crippen MR) is 89.8 cm³/mol. The van der Waals surface area contributed by atoms with Gasteiger partial charge in [-0.1, -0.05) is 30.3 Å². The Morgan fingerprint density at radius 2 is 2.19 bits per heavy atom. The number of fused-ring (bicyclic) bond motifs is 1. The van der Waals surface area contributed by atoms with E-state index in [1.807, 2.05) is 0 Å². The Balaban J connectivity index is 1.63. The van der Waals surface area contributed by atoms with Crippen LogP contribution in [-0.4, -0.2) is 53.5 Å². The van der Waals surface area contributed by atoms with Crippen molar-refractivity contribution < 1.29 is 4.74 Å². The third-order valence-electron chi connectivity index (χ3n) is 3.47. The number of morpholine rings is 1. The fraction of sp³-hybridized carbons (Fsp3) is 0.571. The van der Waals surface area contributed by atoms with Crippen LogP contribution in [-0.2, 0) is 11.2 Å². The first-order valence-corrected chi connectivity index (χ1v) is 9.33. The van der Waals surface area contributed by atoms with Crippen LogP contribution in [0.5, 0.6) is 0 Å². The average Bonchev–Trinajstić information content (AvgIpc) is 2.92. The number of ether oxygens (including phenoxy) is 1. The van der Waals surface area contributed by atoms with Crippen molar-refractivity contribution in [3.63, 3.8) is 0 Å². The molecular weight excluding hydrogens is 326 g/mol. The van der Waals surface area contributed by atoms with Crippen molar-refractivity contribution in [2.45, 2.75) is 18.5 Å². The number of hydrogen-bond acceptors (Lipinski definition) is 6. The molecule has 1 saturated heterocycles. The molecule has 4 nitrogen and oxygen atoms in total. The van der Waals surface area contributed by atoms with E-state index in [0.29, 0.717) is 5.15 Å². The molecular formula is C14H18ClN3OS2. The van der Waals surface area contributed by atoms with Gasteiger partial charge in [-0.15, -0.1) is 11.3 Å². The number of nitrogens with zero attached hydrogens (tertiary/aromatic N) is 3. The van der Waals surface area contributed by atoms with Crippen molar-refractivity contribution in [3.8, 4) is 0 Å². The fourth-order valence-electron chi connectivity index (χ4n) is 2.25. The van der Waals surface area contributed by atoms with Crippen LogP contribution >= 0.6 is 34.7 Å². The normalized spacial score (nSPS) is 16.7. The molecule has 1 fully saturated rings. The minimum Gasteiger partial charge on any atom is -0.379 e. The van der Waals surface area contributed by atoms with Gasteiger partial charge in [-0.05, 0) is 12.5 Å². The molecule has 0 unspecified atom stereocenters. The van der Waals surface area contributed by atoms with Gasteiger partial charge < -0.3 is 4.74 Å². The second kappa shape index (κ2) is 7.24. The fourth-order valence-corrected chi connectivity index (χ4v) is 4.45. The van der Waals surface area contributed by atoms with Crippen LogP contribution in [0.1, 0.15) is 11.8 Å². The highest BCUT2D eigenvalue weighted by molar-refractivity contribution is 7.99. The maximum atomic E-state index is 6.28. The summed E-state index contributed by atoms with van der Waals surface area (Å²) in [5, 5.41) is 2.34. The van der Waals surface area contributed by atoms with E-state index in [2.05, 4.69) is 27.9 Å². The molecule has 0 aromatic carbocycles. The van der Waals surface area contributed by atoms with Crippen molar-refractivity contribution in [2.24, 2.45) is 0 Å². The molecule has 1 aliphatic rings. The number of aromatic nitrogens is 2. The number of hydrogen-bond donors (Lipinski definition) is 0. The quantitative estimate of drug-likeness (QED) is 0.473. The molecule has 0 radical (unpaired) electrons. The van der Waals surface area contributed by atoms with Crippen LogP contribution in [0.2, 0.25) is 5.15 Å². The molecule has 0 N–H and O–H groups in total. The number of thioether (sulfide) groups is 1. The molecule has 3 heterocycles. The van der Waals surface area contributed by atoms with Gasteiger partial charge in [-0.3, -0.25) is 4.90 Å². The van der Waals surface area contributed by atoms with Crippen LogP contribution in [0.25, 0.3) is 10.2 Å². The lowest BCUT2D eigenvalue weighted by molar-refractivity contribution is 0.0410. The van der Waals surface area contributed by atoms with E-state index >= 15 is 0 Å². The van der Waals surface area contributed by atoms with Crippen LogP contribution in [0.15, 0.2) is 11.2 Å². The van der Waals surface area contributed by atoms with Crippen molar-refractivity contribution >= 4 is 44.9 Å². The highest BCUT2D eigenvalue weighted by Crippen LogP contribution is 2.31. The first-order chi connectivity index (χ1) is 10.3. The Hall–Kier alpha value is -0.400. The molecule has 114 valence electrons. The smallest absolute Gasteiger partial charge is 0.190 e. The maximum Gasteiger partial charge on any atom is 0.190 e. The molecule has 0 saturated carbocycles. The van der Waals surface area contributed by atoms with Gasteiger partial charge in [-0.25, -0.2) is 9.97 Å². The Morgan fingerprint density at radius 3 is 2.95 bits per heavy atom. The van der Waals surface area contributed by atoms with Gasteiger partial charge in [0, 0.05) is 35.7 Å². The summed E-state index contributed by atoms with van der Waals surface area (Å²) in [6.07, 6.45) is 1.01. The first-order valence-electron chi connectivity index (χ1n) is 7.15. The molecule has 2 aromatic rings. The minimum absolute atomic E-state index is 0.574. The molecule has 0 amide bonds. The summed E-state index contributed by atoms with van der Waals surface area (Å²) < 4.78 is 5.35. The number of thiophene rings is 1. The molecule has 0 spiro atoms. The Kier molecular flexibility index (Phi) is 5.34. The Morgan fingerprint density at radius 1 is 1.38 bits per heavy atom. The van der Waals surface area contributed by atoms with E-state index in [4.69, 9.17) is 16.3 Å². The van der Waals surface area contributed by atoms with Gasteiger partial charge in [0.05, 0.1) is 13.2 Å². The zero-order chi connectivity index (χ0) is 14.7. The van der Waals surface area contributed by atoms with E-state index in [1.165, 1.54) is 4.88 Å². The van der Waals surface area contributed by atoms with Crippen LogP contribution in [0.4, 0.5) is 0 Å². The lowest BCUT2D eigenvalue weighted by Gasteiger charge is -2.26. The maximum absolute atomic E-state index is 6.28. The van der Waals surface area contributed by atoms with Crippen LogP contribution in [0.3, 0.4) is 0 Å². The van der Waals surface area contributed by atoms with E-state index in [0.717, 1.165) is 60.4 Å². The average molecular weight is 344 g/mol. The molecule has 1 aliphatic heterocycles. The molecule has 3 rings (SSSR count). The third kappa shape index (κ3) is 3.87. The number of aryl methyl sites for hydroxylation is 1. The topological polar surface area (TPSA) is 38.2 Å². The lowest BCUT2D eigenvalue weighted by Crippen LogP contribution is -2.37. The van der Waals surface area contributed by atoms with Gasteiger partial charge in [0.25, 0.3) is 0 Å². The van der Waals surface area contributed by atoms with Gasteiger partial charge >= 0.3 is 0 Å². The van der Waals surface area contributed by atoms with Crippen molar-refractivity contribution in [3.05, 3.63) is 16.1 Å². The van der Waals surface area contributed by atoms with Crippen LogP contribution < -0.4 is 0 Å². The summed E-state index contributed by atoms with van der Waals surface area (Å²) in [4.78, 5) is 13.8. The summed E-state index contributed by atoms with van der Waals surface area (Å²) in [6, 6.07) is 2.10. The van der Waals surface area contributed by atoms with E-state index in [9.17, 15) is 0 Å². The van der Waals surface area contributed by atoms with Crippen molar-refractivity contribution in [1.29, 1.82) is 0 Å². The van der Waals surface area contributed by atoms with Gasteiger partial charge in [0.15, 0.2) is 5.16 Å². The van der Waals surface area contributed by atoms with Crippen molar-refractivity contribution in [2.75, 3.05) is 38.6 Å². The summed E-state index contributed by atoms with van der Waals surface area (Å²) in [6.45, 7) is 6.90. The van der Waals surface area contributed by atoms with E-state index in [-0.39, 0.29) is 0 Å². The monoisotopic (exact) mass is 343 g/mol. The third-order valence-corrected chi connectivity index (χ3v) is 5.76. The minimum atomic E-state index is 0.574. The summed E-state index contributed by atoms with van der Waals surface area (Å²) >= 11 is 9.66. The largest absolute Gasteiger partial charge is 0.379 e. The molecule has 2 aromatic heterocycles. The molecule has 0 aliphatic carbocycles. The number of rotatable bonds is 5. The van der Waals surface area contributed by atoms with Crippen LogP contribution in [0, 0.1) is 0 Å². The highest BCUT2D eigenvalue weighted by atomic mass is 35.5. The van der Waals surface area contributed by atoms with Gasteiger partial charge in [-0.2, -0.15) is 0 Å². The van der Waals surface area contributed by atoms with Crippen molar-refractivity contribution in [1.82, 2.24) is 14.9 Å². The molecule has 21 heavy (non-hydrogen) atoms. The zero-order valence-electron chi connectivity index (χ0n) is 12.0. The van der Waals surface area contributed by atoms with Gasteiger partial charge in [0.1, 0.15) is 9.98 Å². The Labute approximate surface area is 137 Å². The highest BCUT2D eigenvalue weighted by Gasteiger charge is 2.12. The lowest BCUT2D eigenvalue weighted by atomic mass is 10.3. The zero-order valence-corrected chi connectivity index (χ0v) is 14.4. The molecule has 0 atom stereocenters. The Bertz CT molecular complexity index is 614. The summed E-state index contributed by atoms with van der Waals surface area (Å²) in [5.74, 6) is 0.980. The molecule has 0 bridgehead atoms. The second-order valence-corrected chi connectivity index (χ2v) is 7.42. The van der Waals surface area contributed by atoms with Gasteiger partial charge in [0.2, 0.25) is 0 Å². The van der Waals surface area contributed by atoms with E-state index < -0.39 is 0 Å². The second-order valence-electron chi connectivity index (χ2n) is 4.88. The standard InChI is InChI=1S/C14H18ClN3OS2/c1-2-10-9-11-12(15)16-14(17-13(11)21-10)20-8-5-18-3-6-19-7-4-18/h9H,2-8H2,1H3. The summed E-state index contributed by atoms with van der Waals surface area (Å²) in [7, 11) is 0. The summed E-state index contributed by atoms with van der Waals surface area (Å²) in [5.41, 5.74) is 0. The van der Waals surface area contributed by atoms with E-state index in [1.54, 1.807) is 23.1 Å². The number of halogens is 1. The molecule has 7 heteroatoms. The first kappa shape index (κ1) is 15.5. The SMILES string of the molecule is CCc1cc2c(Cl)nc(SCCN3CCOCC3)nc2s1.